The second kappa shape index (κ2) is 9.51. The summed E-state index contributed by atoms with van der Waals surface area (Å²) in [6, 6.07) is 4.70. The van der Waals surface area contributed by atoms with Gasteiger partial charge in [-0.25, -0.2) is 24.1 Å². The first-order valence-electron chi connectivity index (χ1n) is 9.37. The third-order valence-corrected chi connectivity index (χ3v) is 5.15. The summed E-state index contributed by atoms with van der Waals surface area (Å²) in [6.45, 7) is 3.10. The van der Waals surface area contributed by atoms with Crippen LogP contribution in [0.25, 0.3) is 0 Å². The second-order valence-electron chi connectivity index (χ2n) is 7.26. The van der Waals surface area contributed by atoms with Crippen LogP contribution in [0.15, 0.2) is 30.7 Å². The number of carboxylic acids is 1. The second-order valence-corrected chi connectivity index (χ2v) is 7.26. The van der Waals surface area contributed by atoms with E-state index in [-0.39, 0.29) is 11.3 Å². The van der Waals surface area contributed by atoms with Gasteiger partial charge in [0.25, 0.3) is 0 Å². The van der Waals surface area contributed by atoms with E-state index in [4.69, 9.17) is 24.1 Å². The molecule has 0 aromatic carbocycles. The van der Waals surface area contributed by atoms with E-state index in [0.29, 0.717) is 38.2 Å². The predicted octanol–water partition coefficient (Wildman–Crippen LogP) is 2.18. The first kappa shape index (κ1) is 23.4. The number of ether oxygens (including phenoxy) is 3. The zero-order valence-electron chi connectivity index (χ0n) is 16.9. The van der Waals surface area contributed by atoms with Gasteiger partial charge < -0.3 is 24.2 Å². The van der Waals surface area contributed by atoms with E-state index in [9.17, 15) is 17.6 Å². The molecule has 2 fully saturated rings. The Morgan fingerprint density at radius 1 is 1.38 bits per heavy atom. The maximum atomic E-state index is 13.8. The van der Waals surface area contributed by atoms with Crippen molar-refractivity contribution < 1.29 is 41.7 Å². The number of aliphatic carboxylic acids is 1. The monoisotopic (exact) mass is 460 g/mol. The number of nitrogens with zero attached hydrogens (tertiary/aromatic N) is 4. The van der Waals surface area contributed by atoms with Gasteiger partial charge >= 0.3 is 12.1 Å². The molecule has 2 aliphatic heterocycles. The molecule has 2 aromatic heterocycles. The molecular weight excluding hydrogens is 440 g/mol. The van der Waals surface area contributed by atoms with Crippen molar-refractivity contribution in [1.82, 2.24) is 15.0 Å². The minimum absolute atomic E-state index is 0.0321. The van der Waals surface area contributed by atoms with Gasteiger partial charge in [0.2, 0.25) is 11.8 Å². The molecule has 0 amide bonds. The Hall–Kier alpha value is -3.22. The first-order valence-corrected chi connectivity index (χ1v) is 9.37. The predicted molar refractivity (Wildman–Crippen MR) is 101 cm³/mol. The number of fused-ring (bicyclic) bond motifs is 1. The summed E-state index contributed by atoms with van der Waals surface area (Å²) < 4.78 is 62.1. The van der Waals surface area contributed by atoms with Gasteiger partial charge in [-0.15, -0.1) is 0 Å². The summed E-state index contributed by atoms with van der Waals surface area (Å²) in [6.07, 6.45) is -2.07. The normalized spacial score (nSPS) is 22.0. The number of halogens is 4. The largest absolute Gasteiger partial charge is 0.490 e. The SMILES string of the molecule is COc1cc(N2C[C@@H]3COC[C@]3(COc3ncccc3F)C2)ncn1.O=C(O)C(F)(F)F. The van der Waals surface area contributed by atoms with Gasteiger partial charge in [-0.3, -0.25) is 0 Å². The Morgan fingerprint density at radius 2 is 2.12 bits per heavy atom. The molecule has 0 radical (unpaired) electrons. The number of hydrogen-bond donors (Lipinski definition) is 1. The molecule has 2 atom stereocenters. The van der Waals surface area contributed by atoms with Crippen LogP contribution in [0.4, 0.5) is 23.4 Å². The molecule has 0 bridgehead atoms. The van der Waals surface area contributed by atoms with Crippen LogP contribution in [-0.2, 0) is 9.53 Å². The van der Waals surface area contributed by atoms with Gasteiger partial charge in [-0.05, 0) is 12.1 Å². The molecule has 32 heavy (non-hydrogen) atoms. The highest BCUT2D eigenvalue weighted by molar-refractivity contribution is 5.73. The highest BCUT2D eigenvalue weighted by Gasteiger charge is 2.52. The maximum absolute atomic E-state index is 13.8. The smallest absolute Gasteiger partial charge is 0.481 e. The Bertz CT molecular complexity index is 948. The van der Waals surface area contributed by atoms with Crippen molar-refractivity contribution in [3.63, 3.8) is 0 Å². The number of pyridine rings is 1. The Labute approximate surface area is 180 Å². The minimum Gasteiger partial charge on any atom is -0.481 e. The Kier molecular flexibility index (Phi) is 6.96. The van der Waals surface area contributed by atoms with Gasteiger partial charge in [0.15, 0.2) is 5.82 Å². The summed E-state index contributed by atoms with van der Waals surface area (Å²) in [5.74, 6) is -1.55. The van der Waals surface area contributed by atoms with Crippen LogP contribution in [0.2, 0.25) is 0 Å². The number of rotatable bonds is 5. The zero-order valence-corrected chi connectivity index (χ0v) is 16.9. The fourth-order valence-corrected chi connectivity index (χ4v) is 3.51. The van der Waals surface area contributed by atoms with Gasteiger partial charge in [0.1, 0.15) is 12.1 Å². The number of aromatic nitrogens is 3. The molecule has 0 spiro atoms. The van der Waals surface area contributed by atoms with E-state index < -0.39 is 18.0 Å². The van der Waals surface area contributed by atoms with Crippen molar-refractivity contribution >= 4 is 11.8 Å². The number of carboxylic acid groups (broad SMARTS) is 1. The third kappa shape index (κ3) is 5.33. The molecule has 4 rings (SSSR count). The number of carbonyl (C=O) groups is 1. The van der Waals surface area contributed by atoms with Crippen LogP contribution >= 0.6 is 0 Å². The Balaban J connectivity index is 0.000000360. The summed E-state index contributed by atoms with van der Waals surface area (Å²) in [5, 5.41) is 7.12. The van der Waals surface area contributed by atoms with E-state index in [1.54, 1.807) is 13.2 Å². The first-order chi connectivity index (χ1) is 15.1. The lowest BCUT2D eigenvalue weighted by atomic mass is 9.82. The summed E-state index contributed by atoms with van der Waals surface area (Å²) in [4.78, 5) is 23.4. The molecule has 0 aliphatic carbocycles. The quantitative estimate of drug-likeness (QED) is 0.672. The number of alkyl halides is 3. The van der Waals surface area contributed by atoms with Crippen LogP contribution in [0.5, 0.6) is 11.8 Å². The highest BCUT2D eigenvalue weighted by Crippen LogP contribution is 2.43. The minimum atomic E-state index is -5.08. The van der Waals surface area contributed by atoms with Crippen molar-refractivity contribution in [1.29, 1.82) is 0 Å². The van der Waals surface area contributed by atoms with Crippen LogP contribution in [-0.4, -0.2) is 72.2 Å². The highest BCUT2D eigenvalue weighted by atomic mass is 19.4. The molecule has 2 saturated heterocycles. The fraction of sp³-hybridized carbons (Fsp3) is 0.474. The van der Waals surface area contributed by atoms with Crippen molar-refractivity contribution in [2.24, 2.45) is 11.3 Å². The van der Waals surface area contributed by atoms with E-state index in [1.807, 2.05) is 6.07 Å². The van der Waals surface area contributed by atoms with Crippen molar-refractivity contribution in [3.05, 3.63) is 36.5 Å². The molecule has 1 N–H and O–H groups in total. The number of hydrogen-bond acceptors (Lipinski definition) is 8. The van der Waals surface area contributed by atoms with Gasteiger partial charge in [-0.1, -0.05) is 0 Å². The molecule has 0 unspecified atom stereocenters. The summed E-state index contributed by atoms with van der Waals surface area (Å²) in [7, 11) is 1.58. The van der Waals surface area contributed by atoms with Gasteiger partial charge in [0.05, 0.1) is 32.3 Å². The Morgan fingerprint density at radius 3 is 2.78 bits per heavy atom. The summed E-state index contributed by atoms with van der Waals surface area (Å²) >= 11 is 0. The van der Waals surface area contributed by atoms with Gasteiger partial charge in [-0.2, -0.15) is 13.2 Å². The van der Waals surface area contributed by atoms with Crippen molar-refractivity contribution in [2.75, 3.05) is 44.9 Å². The van der Waals surface area contributed by atoms with E-state index in [0.717, 1.165) is 12.4 Å². The molecule has 0 saturated carbocycles. The molecule has 13 heteroatoms. The number of anilines is 1. The lowest BCUT2D eigenvalue weighted by Crippen LogP contribution is -2.37. The van der Waals surface area contributed by atoms with Crippen LogP contribution in [0.3, 0.4) is 0 Å². The molecule has 174 valence electrons. The van der Waals surface area contributed by atoms with E-state index in [2.05, 4.69) is 19.9 Å². The van der Waals surface area contributed by atoms with Crippen molar-refractivity contribution in [2.45, 2.75) is 6.18 Å². The molecule has 4 heterocycles. The zero-order chi connectivity index (χ0) is 23.4. The van der Waals surface area contributed by atoms with Gasteiger partial charge in [0, 0.05) is 31.3 Å². The lowest BCUT2D eigenvalue weighted by Gasteiger charge is -2.27. The summed E-state index contributed by atoms with van der Waals surface area (Å²) in [5.41, 5.74) is -0.206. The molecular formula is C19H20F4N4O5. The van der Waals surface area contributed by atoms with Crippen molar-refractivity contribution in [3.8, 4) is 11.8 Å². The average Bonchev–Trinajstić information content (AvgIpc) is 3.30. The molecule has 2 aliphatic rings. The topological polar surface area (TPSA) is 107 Å². The number of methoxy groups -OCH3 is 1. The van der Waals surface area contributed by atoms with E-state index in [1.165, 1.54) is 18.6 Å². The third-order valence-electron chi connectivity index (χ3n) is 5.15. The lowest BCUT2D eigenvalue weighted by molar-refractivity contribution is -0.192. The standard InChI is InChI=1S/C17H19FN4O3.C2HF3O2/c1-23-15-5-14(20-11-21-15)22-6-12-7-24-9-17(12,8-22)10-25-16-13(18)3-2-4-19-16;3-2(4,5)1(6)7/h2-5,11-12H,6-10H2,1H3;(H,6,7)/t12-,17+;/m1./s1. The van der Waals surface area contributed by atoms with Crippen LogP contribution < -0.4 is 14.4 Å². The van der Waals surface area contributed by atoms with Crippen LogP contribution in [0, 0.1) is 17.2 Å². The molecule has 2 aromatic rings. The average molecular weight is 460 g/mol. The fourth-order valence-electron chi connectivity index (χ4n) is 3.51. The molecule has 9 nitrogen and oxygen atoms in total. The van der Waals surface area contributed by atoms with E-state index >= 15 is 0 Å². The maximum Gasteiger partial charge on any atom is 0.490 e. The van der Waals surface area contributed by atoms with Crippen LogP contribution in [0.1, 0.15) is 0 Å².